The zero-order valence-electron chi connectivity index (χ0n) is 13.5. The second-order valence-corrected chi connectivity index (χ2v) is 6.90. The first-order valence-electron chi connectivity index (χ1n) is 8.35. The van der Waals surface area contributed by atoms with Crippen LogP contribution in [0.15, 0.2) is 30.3 Å². The Bertz CT molecular complexity index is 848. The van der Waals surface area contributed by atoms with E-state index >= 15 is 0 Å². The number of fused-ring (bicyclic) bond motifs is 2. The fourth-order valence-corrected chi connectivity index (χ4v) is 4.77. The Morgan fingerprint density at radius 3 is 2.40 bits per heavy atom. The molecule has 3 heterocycles. The fourth-order valence-electron chi connectivity index (χ4n) is 4.77. The van der Waals surface area contributed by atoms with Crippen molar-refractivity contribution in [1.82, 2.24) is 0 Å². The Labute approximate surface area is 145 Å². The SMILES string of the molecule is N#CC1(C#N)C2CCCCC23OC(=N)C1(C#N)C(c1ccccc1)O3. The zero-order valence-corrected chi connectivity index (χ0v) is 13.5. The van der Waals surface area contributed by atoms with E-state index in [0.717, 1.165) is 12.8 Å². The minimum Gasteiger partial charge on any atom is -0.447 e. The predicted molar refractivity (Wildman–Crippen MR) is 85.5 cm³/mol. The lowest BCUT2D eigenvalue weighted by Gasteiger charge is -2.63. The molecule has 124 valence electrons. The zero-order chi connectivity index (χ0) is 17.7. The van der Waals surface area contributed by atoms with Gasteiger partial charge < -0.3 is 9.47 Å². The molecular formula is C19H16N4O2. The van der Waals surface area contributed by atoms with Gasteiger partial charge in [0.25, 0.3) is 0 Å². The van der Waals surface area contributed by atoms with Gasteiger partial charge in [0.05, 0.1) is 24.1 Å². The van der Waals surface area contributed by atoms with Crippen LogP contribution in [0.25, 0.3) is 0 Å². The van der Waals surface area contributed by atoms with E-state index in [-0.39, 0.29) is 5.90 Å². The summed E-state index contributed by atoms with van der Waals surface area (Å²) in [7, 11) is 0. The Kier molecular flexibility index (Phi) is 3.16. The standard InChI is InChI=1S/C19H16N4O2/c20-10-17(11-21)14-8-4-5-9-19(14)24-15(13-6-2-1-3-7-13)18(17,12-22)16(23)25-19/h1-3,6-7,14-15,23H,4-5,8-9H2. The molecule has 5 rings (SSSR count). The normalized spacial score (nSPS) is 37.7. The highest BCUT2D eigenvalue weighted by atomic mass is 16.7. The maximum Gasteiger partial charge on any atom is 0.218 e. The summed E-state index contributed by atoms with van der Waals surface area (Å²) in [5.74, 6) is -2.05. The molecule has 0 radical (unpaired) electrons. The van der Waals surface area contributed by atoms with Gasteiger partial charge >= 0.3 is 0 Å². The average Bonchev–Trinajstić information content (AvgIpc) is 2.66. The van der Waals surface area contributed by atoms with Crippen LogP contribution in [-0.4, -0.2) is 11.7 Å². The van der Waals surface area contributed by atoms with E-state index in [9.17, 15) is 15.8 Å². The van der Waals surface area contributed by atoms with E-state index in [4.69, 9.17) is 14.9 Å². The summed E-state index contributed by atoms with van der Waals surface area (Å²) in [6.07, 6.45) is 1.87. The number of ether oxygens (including phenoxy) is 2. The quantitative estimate of drug-likeness (QED) is 0.848. The third-order valence-corrected chi connectivity index (χ3v) is 5.92. The highest BCUT2D eigenvalue weighted by Crippen LogP contribution is 2.69. The minimum atomic E-state index is -1.78. The van der Waals surface area contributed by atoms with Crippen LogP contribution in [-0.2, 0) is 9.47 Å². The third-order valence-electron chi connectivity index (χ3n) is 5.92. The van der Waals surface area contributed by atoms with Crippen LogP contribution >= 0.6 is 0 Å². The largest absolute Gasteiger partial charge is 0.447 e. The van der Waals surface area contributed by atoms with Crippen molar-refractivity contribution in [2.75, 3.05) is 0 Å². The maximum atomic E-state index is 10.1. The van der Waals surface area contributed by atoms with E-state index in [1.165, 1.54) is 0 Å². The van der Waals surface area contributed by atoms with Crippen molar-refractivity contribution < 1.29 is 9.47 Å². The summed E-state index contributed by atoms with van der Waals surface area (Å²) in [4.78, 5) is 0. The minimum absolute atomic E-state index is 0.323. The Morgan fingerprint density at radius 1 is 1.04 bits per heavy atom. The average molecular weight is 332 g/mol. The van der Waals surface area contributed by atoms with Crippen LogP contribution in [0.4, 0.5) is 0 Å². The molecule has 1 aromatic carbocycles. The van der Waals surface area contributed by atoms with E-state index < -0.39 is 28.6 Å². The van der Waals surface area contributed by atoms with Gasteiger partial charge in [-0.1, -0.05) is 36.8 Å². The second kappa shape index (κ2) is 5.06. The van der Waals surface area contributed by atoms with Crippen molar-refractivity contribution in [3.63, 3.8) is 0 Å². The number of rotatable bonds is 1. The molecule has 4 unspecified atom stereocenters. The van der Waals surface area contributed by atoms with Gasteiger partial charge in [-0.25, -0.2) is 0 Å². The summed E-state index contributed by atoms with van der Waals surface area (Å²) >= 11 is 0. The monoisotopic (exact) mass is 332 g/mol. The Morgan fingerprint density at radius 2 is 1.76 bits per heavy atom. The van der Waals surface area contributed by atoms with E-state index in [1.54, 1.807) is 12.1 Å². The van der Waals surface area contributed by atoms with Crippen LogP contribution in [0, 0.1) is 56.2 Å². The summed E-state index contributed by atoms with van der Waals surface area (Å²) in [6, 6.07) is 15.4. The molecule has 4 fully saturated rings. The van der Waals surface area contributed by atoms with E-state index in [2.05, 4.69) is 18.2 Å². The van der Waals surface area contributed by atoms with Crippen LogP contribution in [0.3, 0.4) is 0 Å². The summed E-state index contributed by atoms with van der Waals surface area (Å²) in [6.45, 7) is 0. The van der Waals surface area contributed by atoms with Gasteiger partial charge in [-0.15, -0.1) is 0 Å². The molecule has 25 heavy (non-hydrogen) atoms. The lowest BCUT2D eigenvalue weighted by atomic mass is 9.48. The molecule has 1 saturated carbocycles. The molecule has 0 aromatic heterocycles. The van der Waals surface area contributed by atoms with Crippen LogP contribution in [0.2, 0.25) is 0 Å². The van der Waals surface area contributed by atoms with Gasteiger partial charge in [0, 0.05) is 6.42 Å². The molecule has 3 aliphatic heterocycles. The van der Waals surface area contributed by atoms with Crippen molar-refractivity contribution in [3.8, 4) is 18.2 Å². The van der Waals surface area contributed by atoms with Gasteiger partial charge in [-0.2, -0.15) is 15.8 Å². The molecule has 1 N–H and O–H groups in total. The second-order valence-electron chi connectivity index (χ2n) is 6.90. The van der Waals surface area contributed by atoms with E-state index in [1.807, 2.05) is 18.2 Å². The Hall–Kier alpha value is -2.88. The van der Waals surface area contributed by atoms with Crippen molar-refractivity contribution in [3.05, 3.63) is 35.9 Å². The molecule has 6 heteroatoms. The van der Waals surface area contributed by atoms with Crippen molar-refractivity contribution in [1.29, 1.82) is 21.2 Å². The van der Waals surface area contributed by atoms with Gasteiger partial charge in [0.2, 0.25) is 11.7 Å². The fraction of sp³-hybridized carbons (Fsp3) is 0.474. The molecule has 4 atom stereocenters. The molecule has 4 aliphatic rings. The summed E-state index contributed by atoms with van der Waals surface area (Å²) < 4.78 is 12.1. The maximum absolute atomic E-state index is 10.1. The van der Waals surface area contributed by atoms with Crippen molar-refractivity contribution >= 4 is 5.90 Å². The number of hydrogen-bond acceptors (Lipinski definition) is 6. The van der Waals surface area contributed by atoms with Gasteiger partial charge in [-0.3, -0.25) is 5.41 Å². The number of nitrogens with zero attached hydrogens (tertiary/aromatic N) is 3. The van der Waals surface area contributed by atoms with Crippen molar-refractivity contribution in [2.24, 2.45) is 16.7 Å². The number of nitrogens with one attached hydrogen (secondary N) is 1. The van der Waals surface area contributed by atoms with E-state index in [0.29, 0.717) is 18.4 Å². The molecule has 1 aromatic rings. The summed E-state index contributed by atoms with van der Waals surface area (Å²) in [5, 5.41) is 38.7. The van der Waals surface area contributed by atoms with Crippen LogP contribution in [0.1, 0.15) is 37.4 Å². The third kappa shape index (κ3) is 1.62. The highest BCUT2D eigenvalue weighted by molar-refractivity contribution is 5.89. The molecule has 1 spiro atoms. The number of benzene rings is 1. The van der Waals surface area contributed by atoms with Gasteiger partial charge in [0.1, 0.15) is 6.10 Å². The first-order chi connectivity index (χ1) is 12.1. The highest BCUT2D eigenvalue weighted by Gasteiger charge is 2.80. The molecular weight excluding hydrogens is 316 g/mol. The van der Waals surface area contributed by atoms with Gasteiger partial charge in [0.15, 0.2) is 10.8 Å². The van der Waals surface area contributed by atoms with Crippen LogP contribution < -0.4 is 0 Å². The lowest BCUT2D eigenvalue weighted by molar-refractivity contribution is -0.360. The smallest absolute Gasteiger partial charge is 0.218 e. The molecule has 1 aliphatic carbocycles. The van der Waals surface area contributed by atoms with Gasteiger partial charge in [-0.05, 0) is 18.4 Å². The Balaban J connectivity index is 2.02. The number of hydrogen-bond donors (Lipinski definition) is 1. The van der Waals surface area contributed by atoms with Crippen molar-refractivity contribution in [2.45, 2.75) is 37.6 Å². The topological polar surface area (TPSA) is 114 Å². The summed E-state index contributed by atoms with van der Waals surface area (Å²) in [5.41, 5.74) is -2.77. The first kappa shape index (κ1) is 15.6. The first-order valence-corrected chi connectivity index (χ1v) is 8.35. The molecule has 6 nitrogen and oxygen atoms in total. The molecule has 3 saturated heterocycles. The molecule has 2 bridgehead atoms. The van der Waals surface area contributed by atoms with Crippen LogP contribution in [0.5, 0.6) is 0 Å². The molecule has 0 amide bonds. The number of nitriles is 3. The lowest BCUT2D eigenvalue weighted by Crippen LogP contribution is -2.73. The predicted octanol–water partition coefficient (Wildman–Crippen LogP) is 3.20.